The van der Waals surface area contributed by atoms with Crippen LogP contribution in [0.2, 0.25) is 0 Å². The van der Waals surface area contributed by atoms with Crippen molar-refractivity contribution in [3.8, 4) is 0 Å². The standard InChI is InChI=1S/C14H21NO2/c1-11(2)10-17-14(16)13-7-5-4-6-12(13)8-9-15-3/h4-7,11,15H,8-10H2,1-3H3. The Balaban J connectivity index is 2.70. The monoisotopic (exact) mass is 235 g/mol. The SMILES string of the molecule is CNCCc1ccccc1C(=O)OCC(C)C. The van der Waals surface area contributed by atoms with E-state index in [1.165, 1.54) is 0 Å². The highest BCUT2D eigenvalue weighted by Gasteiger charge is 2.12. The fourth-order valence-electron chi connectivity index (χ4n) is 1.52. The lowest BCUT2D eigenvalue weighted by atomic mass is 10.0. The van der Waals surface area contributed by atoms with Crippen molar-refractivity contribution in [2.75, 3.05) is 20.2 Å². The average Bonchev–Trinajstić information content (AvgIpc) is 2.33. The Morgan fingerprint density at radius 1 is 1.35 bits per heavy atom. The normalized spacial score (nSPS) is 10.6. The molecule has 0 aromatic heterocycles. The number of nitrogens with one attached hydrogen (secondary N) is 1. The Kier molecular flexibility index (Phi) is 5.70. The van der Waals surface area contributed by atoms with Crippen LogP contribution in [0, 0.1) is 5.92 Å². The van der Waals surface area contributed by atoms with Crippen LogP contribution in [-0.4, -0.2) is 26.2 Å². The zero-order chi connectivity index (χ0) is 12.7. The summed E-state index contributed by atoms with van der Waals surface area (Å²) in [4.78, 5) is 11.9. The molecule has 0 fully saturated rings. The van der Waals surface area contributed by atoms with Gasteiger partial charge in [0, 0.05) is 0 Å². The quantitative estimate of drug-likeness (QED) is 0.769. The fourth-order valence-corrected chi connectivity index (χ4v) is 1.52. The Morgan fingerprint density at radius 3 is 2.71 bits per heavy atom. The molecule has 1 rings (SSSR count). The van der Waals surface area contributed by atoms with Crippen LogP contribution in [0.4, 0.5) is 0 Å². The molecule has 0 aliphatic carbocycles. The number of hydrogen-bond donors (Lipinski definition) is 1. The summed E-state index contributed by atoms with van der Waals surface area (Å²) in [6.45, 7) is 5.38. The molecule has 1 aromatic carbocycles. The van der Waals surface area contributed by atoms with Crippen LogP contribution in [0.25, 0.3) is 0 Å². The number of esters is 1. The molecule has 0 heterocycles. The van der Waals surface area contributed by atoms with E-state index in [0.717, 1.165) is 18.5 Å². The number of carbonyl (C=O) groups excluding carboxylic acids is 1. The van der Waals surface area contributed by atoms with Gasteiger partial charge in [-0.15, -0.1) is 0 Å². The third-order valence-corrected chi connectivity index (χ3v) is 2.43. The molecule has 0 spiro atoms. The first-order valence-electron chi connectivity index (χ1n) is 6.04. The Labute approximate surface area is 103 Å². The van der Waals surface area contributed by atoms with Gasteiger partial charge in [-0.1, -0.05) is 32.0 Å². The first-order valence-corrected chi connectivity index (χ1v) is 6.04. The molecule has 17 heavy (non-hydrogen) atoms. The van der Waals surface area contributed by atoms with E-state index < -0.39 is 0 Å². The molecular weight excluding hydrogens is 214 g/mol. The first-order chi connectivity index (χ1) is 8.15. The van der Waals surface area contributed by atoms with Gasteiger partial charge in [-0.3, -0.25) is 0 Å². The van der Waals surface area contributed by atoms with Crippen LogP contribution < -0.4 is 5.32 Å². The summed E-state index contributed by atoms with van der Waals surface area (Å²) < 4.78 is 5.25. The topological polar surface area (TPSA) is 38.3 Å². The highest BCUT2D eigenvalue weighted by molar-refractivity contribution is 5.91. The molecule has 3 heteroatoms. The first kappa shape index (κ1) is 13.7. The molecule has 0 saturated carbocycles. The van der Waals surface area contributed by atoms with Gasteiger partial charge in [-0.25, -0.2) is 4.79 Å². The number of ether oxygens (including phenoxy) is 1. The van der Waals surface area contributed by atoms with Crippen molar-refractivity contribution in [3.63, 3.8) is 0 Å². The van der Waals surface area contributed by atoms with E-state index >= 15 is 0 Å². The van der Waals surface area contributed by atoms with Crippen LogP contribution in [0.1, 0.15) is 29.8 Å². The number of likely N-dealkylation sites (N-methyl/N-ethyl adjacent to an activating group) is 1. The Hall–Kier alpha value is -1.35. The zero-order valence-electron chi connectivity index (χ0n) is 10.8. The molecule has 0 aliphatic rings. The van der Waals surface area contributed by atoms with Gasteiger partial charge in [0.05, 0.1) is 12.2 Å². The summed E-state index contributed by atoms with van der Waals surface area (Å²) in [5.74, 6) is 0.147. The number of benzene rings is 1. The van der Waals surface area contributed by atoms with Crippen LogP contribution >= 0.6 is 0 Å². The van der Waals surface area contributed by atoms with Gasteiger partial charge < -0.3 is 10.1 Å². The van der Waals surface area contributed by atoms with E-state index in [0.29, 0.717) is 18.1 Å². The number of hydrogen-bond acceptors (Lipinski definition) is 3. The van der Waals surface area contributed by atoms with E-state index in [1.54, 1.807) is 0 Å². The Bertz CT molecular complexity index is 361. The molecule has 1 N–H and O–H groups in total. The lowest BCUT2D eigenvalue weighted by Crippen LogP contribution is -2.15. The van der Waals surface area contributed by atoms with Gasteiger partial charge in [0.1, 0.15) is 0 Å². The molecule has 0 saturated heterocycles. The van der Waals surface area contributed by atoms with Crippen molar-refractivity contribution in [2.24, 2.45) is 5.92 Å². The van der Waals surface area contributed by atoms with Crippen LogP contribution in [0.5, 0.6) is 0 Å². The zero-order valence-corrected chi connectivity index (χ0v) is 10.8. The molecule has 0 amide bonds. The van der Waals surface area contributed by atoms with Crippen molar-refractivity contribution in [1.29, 1.82) is 0 Å². The van der Waals surface area contributed by atoms with Gasteiger partial charge in [0.25, 0.3) is 0 Å². The maximum absolute atomic E-state index is 11.9. The van der Waals surface area contributed by atoms with Gasteiger partial charge in [-0.2, -0.15) is 0 Å². The molecular formula is C14H21NO2. The van der Waals surface area contributed by atoms with E-state index in [1.807, 2.05) is 45.2 Å². The predicted molar refractivity (Wildman–Crippen MR) is 69.2 cm³/mol. The molecule has 1 aromatic rings. The van der Waals surface area contributed by atoms with Crippen LogP contribution in [0.15, 0.2) is 24.3 Å². The predicted octanol–water partition coefficient (Wildman–Crippen LogP) is 2.26. The van der Waals surface area contributed by atoms with E-state index in [-0.39, 0.29) is 5.97 Å². The van der Waals surface area contributed by atoms with Gasteiger partial charge >= 0.3 is 5.97 Å². The second-order valence-electron chi connectivity index (χ2n) is 4.50. The van der Waals surface area contributed by atoms with E-state index in [9.17, 15) is 4.79 Å². The smallest absolute Gasteiger partial charge is 0.338 e. The van der Waals surface area contributed by atoms with Crippen molar-refractivity contribution in [3.05, 3.63) is 35.4 Å². The molecule has 0 aliphatic heterocycles. The number of rotatable bonds is 6. The highest BCUT2D eigenvalue weighted by Crippen LogP contribution is 2.11. The molecule has 94 valence electrons. The third kappa shape index (κ3) is 4.57. The fraction of sp³-hybridized carbons (Fsp3) is 0.500. The summed E-state index contributed by atoms with van der Waals surface area (Å²) in [6, 6.07) is 7.62. The van der Waals surface area contributed by atoms with Crippen LogP contribution in [0.3, 0.4) is 0 Å². The molecule has 3 nitrogen and oxygen atoms in total. The number of carbonyl (C=O) groups is 1. The average molecular weight is 235 g/mol. The second kappa shape index (κ2) is 7.07. The van der Waals surface area contributed by atoms with Crippen molar-refractivity contribution >= 4 is 5.97 Å². The Morgan fingerprint density at radius 2 is 2.06 bits per heavy atom. The summed E-state index contributed by atoms with van der Waals surface area (Å²) in [6.07, 6.45) is 0.837. The van der Waals surface area contributed by atoms with E-state index in [4.69, 9.17) is 4.74 Å². The molecule has 0 bridgehead atoms. The minimum Gasteiger partial charge on any atom is -0.462 e. The lowest BCUT2D eigenvalue weighted by molar-refractivity contribution is 0.0457. The summed E-state index contributed by atoms with van der Waals surface area (Å²) in [5, 5.41) is 3.08. The molecule has 0 radical (unpaired) electrons. The van der Waals surface area contributed by atoms with E-state index in [2.05, 4.69) is 5.32 Å². The van der Waals surface area contributed by atoms with Crippen molar-refractivity contribution in [1.82, 2.24) is 5.32 Å². The van der Waals surface area contributed by atoms with Crippen molar-refractivity contribution < 1.29 is 9.53 Å². The van der Waals surface area contributed by atoms with Gasteiger partial charge in [0.2, 0.25) is 0 Å². The lowest BCUT2D eigenvalue weighted by Gasteiger charge is -2.10. The summed E-state index contributed by atoms with van der Waals surface area (Å²) >= 11 is 0. The third-order valence-electron chi connectivity index (χ3n) is 2.43. The second-order valence-corrected chi connectivity index (χ2v) is 4.50. The molecule has 0 unspecified atom stereocenters. The summed E-state index contributed by atoms with van der Waals surface area (Å²) in [7, 11) is 1.90. The molecule has 0 atom stereocenters. The van der Waals surface area contributed by atoms with Gasteiger partial charge in [0.15, 0.2) is 0 Å². The maximum atomic E-state index is 11.9. The minimum atomic E-state index is -0.217. The van der Waals surface area contributed by atoms with Crippen molar-refractivity contribution in [2.45, 2.75) is 20.3 Å². The largest absolute Gasteiger partial charge is 0.462 e. The summed E-state index contributed by atoms with van der Waals surface area (Å²) in [5.41, 5.74) is 1.72. The van der Waals surface area contributed by atoms with Gasteiger partial charge in [-0.05, 0) is 37.6 Å². The van der Waals surface area contributed by atoms with Crippen LogP contribution in [-0.2, 0) is 11.2 Å². The highest BCUT2D eigenvalue weighted by atomic mass is 16.5. The maximum Gasteiger partial charge on any atom is 0.338 e. The minimum absolute atomic E-state index is 0.217.